The maximum absolute atomic E-state index is 4.44. The summed E-state index contributed by atoms with van der Waals surface area (Å²) in [5.41, 5.74) is 3.64. The van der Waals surface area contributed by atoms with Crippen molar-refractivity contribution in [2.75, 3.05) is 11.4 Å². The number of nitrogens with zero attached hydrogens (tertiary/aromatic N) is 5. The van der Waals surface area contributed by atoms with Crippen LogP contribution in [0.25, 0.3) is 11.5 Å². The molecule has 0 N–H and O–H groups in total. The second-order valence-corrected chi connectivity index (χ2v) is 5.93. The fourth-order valence-electron chi connectivity index (χ4n) is 3.12. The maximum Gasteiger partial charge on any atom is 0.160 e. The Hall–Kier alpha value is -2.69. The van der Waals surface area contributed by atoms with E-state index in [1.54, 1.807) is 6.20 Å². The van der Waals surface area contributed by atoms with Gasteiger partial charge in [-0.05, 0) is 36.1 Å². The molecule has 0 saturated carbocycles. The van der Waals surface area contributed by atoms with E-state index in [-0.39, 0.29) is 0 Å². The summed E-state index contributed by atoms with van der Waals surface area (Å²) in [6.45, 7) is 1.90. The summed E-state index contributed by atoms with van der Waals surface area (Å²) in [6.07, 6.45) is 5.96. The molecule has 1 aliphatic rings. The molecule has 3 aromatic rings. The van der Waals surface area contributed by atoms with E-state index in [9.17, 15) is 0 Å². The minimum Gasteiger partial charge on any atom is -0.351 e. The van der Waals surface area contributed by atoms with Gasteiger partial charge in [0.25, 0.3) is 0 Å². The van der Waals surface area contributed by atoms with Gasteiger partial charge in [0.2, 0.25) is 0 Å². The van der Waals surface area contributed by atoms with Gasteiger partial charge >= 0.3 is 0 Å². The molecule has 0 spiro atoms. The van der Waals surface area contributed by atoms with E-state index >= 15 is 0 Å². The first-order valence-electron chi connectivity index (χ1n) is 7.94. The number of benzene rings is 1. The number of hydrogen-bond donors (Lipinski definition) is 0. The van der Waals surface area contributed by atoms with E-state index in [0.29, 0.717) is 0 Å². The average molecular weight is 305 g/mol. The lowest BCUT2D eigenvalue weighted by Gasteiger charge is -2.21. The molecular formula is C18H19N5. The molecule has 0 radical (unpaired) electrons. The lowest BCUT2D eigenvalue weighted by Crippen LogP contribution is -2.23. The van der Waals surface area contributed by atoms with E-state index in [1.165, 1.54) is 11.1 Å². The first-order chi connectivity index (χ1) is 11.3. The van der Waals surface area contributed by atoms with Crippen LogP contribution >= 0.6 is 0 Å². The van der Waals surface area contributed by atoms with Crippen molar-refractivity contribution in [3.63, 3.8) is 0 Å². The van der Waals surface area contributed by atoms with Gasteiger partial charge < -0.3 is 9.47 Å². The quantitative estimate of drug-likeness (QED) is 0.730. The van der Waals surface area contributed by atoms with Gasteiger partial charge in [-0.3, -0.25) is 0 Å². The minimum atomic E-state index is 0.802. The normalized spacial score (nSPS) is 14.4. The lowest BCUT2D eigenvalue weighted by molar-refractivity contribution is 0.745. The molecule has 5 nitrogen and oxygen atoms in total. The minimum absolute atomic E-state index is 0.802. The summed E-state index contributed by atoms with van der Waals surface area (Å²) in [6, 6.07) is 12.7. The third-order valence-electron chi connectivity index (χ3n) is 4.38. The Balaban J connectivity index is 1.60. The monoisotopic (exact) mass is 305 g/mol. The van der Waals surface area contributed by atoms with Crippen molar-refractivity contribution in [1.82, 2.24) is 19.7 Å². The Kier molecular flexibility index (Phi) is 3.54. The molecule has 2 aromatic heterocycles. The maximum atomic E-state index is 4.44. The van der Waals surface area contributed by atoms with Crippen LogP contribution in [-0.2, 0) is 20.0 Å². The number of rotatable bonds is 2. The summed E-state index contributed by atoms with van der Waals surface area (Å²) in [5.74, 6) is 1.77. The molecule has 0 saturated heterocycles. The highest BCUT2D eigenvalue weighted by molar-refractivity contribution is 5.52. The van der Waals surface area contributed by atoms with Crippen molar-refractivity contribution in [1.29, 1.82) is 0 Å². The molecule has 3 heterocycles. The number of hydrogen-bond acceptors (Lipinski definition) is 4. The van der Waals surface area contributed by atoms with Crippen LogP contribution in [-0.4, -0.2) is 26.3 Å². The molecule has 1 aromatic carbocycles. The van der Waals surface area contributed by atoms with Gasteiger partial charge in [0, 0.05) is 32.5 Å². The zero-order chi connectivity index (χ0) is 15.6. The highest BCUT2D eigenvalue weighted by Gasteiger charge is 2.16. The Morgan fingerprint density at radius 1 is 1.00 bits per heavy atom. The molecule has 23 heavy (non-hydrogen) atoms. The van der Waals surface area contributed by atoms with Crippen LogP contribution in [0.3, 0.4) is 0 Å². The van der Waals surface area contributed by atoms with Crippen LogP contribution in [0.5, 0.6) is 0 Å². The molecule has 5 heteroatoms. The van der Waals surface area contributed by atoms with Crippen LogP contribution in [0, 0.1) is 0 Å². The van der Waals surface area contributed by atoms with Crippen LogP contribution < -0.4 is 4.90 Å². The topological polar surface area (TPSA) is 46.8 Å². The molecule has 4 rings (SSSR count). The van der Waals surface area contributed by atoms with Gasteiger partial charge in [0.1, 0.15) is 5.69 Å². The molecule has 0 fully saturated rings. The third-order valence-corrected chi connectivity index (χ3v) is 4.38. The van der Waals surface area contributed by atoms with Crippen LogP contribution in [0.15, 0.2) is 48.8 Å². The Bertz CT molecular complexity index is 806. The molecule has 0 bridgehead atoms. The second kappa shape index (κ2) is 5.83. The van der Waals surface area contributed by atoms with Crippen molar-refractivity contribution in [2.45, 2.75) is 19.4 Å². The predicted octanol–water partition coefficient (Wildman–Crippen LogP) is 2.83. The standard InChI is InChI=1S/C18H19N5/c1-22-12-10-19-18(22)16-8-9-17(21-20-16)23-11-4-7-14-5-2-3-6-15(14)13-23/h2-3,5-6,8-10,12H,4,7,11,13H2,1H3. The second-order valence-electron chi connectivity index (χ2n) is 5.93. The van der Waals surface area contributed by atoms with Gasteiger partial charge in [-0.15, -0.1) is 10.2 Å². The molecule has 0 amide bonds. The number of anilines is 1. The largest absolute Gasteiger partial charge is 0.351 e. The summed E-state index contributed by atoms with van der Waals surface area (Å²) in [5, 5.41) is 8.81. The van der Waals surface area contributed by atoms with Crippen molar-refractivity contribution < 1.29 is 0 Å². The van der Waals surface area contributed by atoms with Gasteiger partial charge in [-0.2, -0.15) is 0 Å². The molecule has 0 unspecified atom stereocenters. The van der Waals surface area contributed by atoms with E-state index in [1.807, 2.05) is 29.9 Å². The smallest absolute Gasteiger partial charge is 0.160 e. The van der Waals surface area contributed by atoms with Crippen molar-refractivity contribution >= 4 is 5.82 Å². The number of aromatic nitrogens is 4. The van der Waals surface area contributed by atoms with E-state index in [2.05, 4.69) is 44.3 Å². The lowest BCUT2D eigenvalue weighted by atomic mass is 10.0. The number of fused-ring (bicyclic) bond motifs is 1. The van der Waals surface area contributed by atoms with Crippen molar-refractivity contribution in [3.8, 4) is 11.5 Å². The van der Waals surface area contributed by atoms with E-state index < -0.39 is 0 Å². The first kappa shape index (κ1) is 13.9. The van der Waals surface area contributed by atoms with Gasteiger partial charge in [0.05, 0.1) is 0 Å². The predicted molar refractivity (Wildman–Crippen MR) is 90.0 cm³/mol. The van der Waals surface area contributed by atoms with Gasteiger partial charge in [0.15, 0.2) is 11.6 Å². The fraction of sp³-hybridized carbons (Fsp3) is 0.278. The van der Waals surface area contributed by atoms with Crippen molar-refractivity contribution in [2.24, 2.45) is 7.05 Å². The SMILES string of the molecule is Cn1ccnc1-c1ccc(N2CCCc3ccccc3C2)nn1. The Morgan fingerprint density at radius 3 is 2.61 bits per heavy atom. The van der Waals surface area contributed by atoms with Crippen LogP contribution in [0.1, 0.15) is 17.5 Å². The molecule has 116 valence electrons. The third kappa shape index (κ3) is 2.70. The van der Waals surface area contributed by atoms with Gasteiger partial charge in [-0.1, -0.05) is 24.3 Å². The Labute approximate surface area is 135 Å². The summed E-state index contributed by atoms with van der Waals surface area (Å²) in [7, 11) is 1.96. The van der Waals surface area contributed by atoms with E-state index in [4.69, 9.17) is 0 Å². The van der Waals surface area contributed by atoms with Gasteiger partial charge in [-0.25, -0.2) is 4.98 Å². The molecule has 1 aliphatic heterocycles. The van der Waals surface area contributed by atoms with Crippen LogP contribution in [0.4, 0.5) is 5.82 Å². The van der Waals surface area contributed by atoms with Crippen LogP contribution in [0.2, 0.25) is 0 Å². The summed E-state index contributed by atoms with van der Waals surface area (Å²) < 4.78 is 1.95. The zero-order valence-corrected chi connectivity index (χ0v) is 13.2. The van der Waals surface area contributed by atoms with E-state index in [0.717, 1.165) is 43.3 Å². The molecular weight excluding hydrogens is 286 g/mol. The highest BCUT2D eigenvalue weighted by atomic mass is 15.3. The number of aryl methyl sites for hydroxylation is 2. The van der Waals surface area contributed by atoms with Crippen molar-refractivity contribution in [3.05, 3.63) is 59.9 Å². The molecule has 0 aliphatic carbocycles. The highest BCUT2D eigenvalue weighted by Crippen LogP contribution is 2.23. The average Bonchev–Trinajstić information content (AvgIpc) is 2.90. The number of imidazole rings is 1. The molecule has 0 atom stereocenters. The summed E-state index contributed by atoms with van der Waals surface area (Å²) >= 11 is 0. The summed E-state index contributed by atoms with van der Waals surface area (Å²) in [4.78, 5) is 6.63. The fourth-order valence-corrected chi connectivity index (χ4v) is 3.12. The Morgan fingerprint density at radius 2 is 1.87 bits per heavy atom. The zero-order valence-electron chi connectivity index (χ0n) is 13.2. The first-order valence-corrected chi connectivity index (χ1v) is 7.94.